The lowest BCUT2D eigenvalue weighted by Gasteiger charge is -2.42. The predicted molar refractivity (Wildman–Crippen MR) is 125 cm³/mol. The fourth-order valence-electron chi connectivity index (χ4n) is 2.78. The molecule has 0 heterocycles. The van der Waals surface area contributed by atoms with E-state index in [1.807, 2.05) is 0 Å². The Morgan fingerprint density at radius 3 is 0.778 bits per heavy atom. The molecule has 0 spiro atoms. The van der Waals surface area contributed by atoms with E-state index in [-0.39, 0.29) is 0 Å². The van der Waals surface area contributed by atoms with Crippen molar-refractivity contribution in [2.45, 2.75) is 47.7 Å². The van der Waals surface area contributed by atoms with Crippen LogP contribution in [0.15, 0.2) is 0 Å². The van der Waals surface area contributed by atoms with Crippen LogP contribution in [0.25, 0.3) is 0 Å². The van der Waals surface area contributed by atoms with Gasteiger partial charge in [-0.1, -0.05) is 0 Å². The lowest BCUT2D eigenvalue weighted by atomic mass is 10.3. The van der Waals surface area contributed by atoms with Crippen molar-refractivity contribution < 1.29 is 33.7 Å². The molecule has 0 aliphatic carbocycles. The third-order valence-corrected chi connectivity index (χ3v) is 16.2. The van der Waals surface area contributed by atoms with Crippen molar-refractivity contribution in [3.05, 3.63) is 0 Å². The molecule has 0 aromatic carbocycles. The number of nitrogens with one attached hydrogen (secondary N) is 4. The molecule has 0 aromatic rings. The topological polar surface area (TPSA) is 280 Å². The summed E-state index contributed by atoms with van der Waals surface area (Å²) in [6.45, 7) is -2.07. The van der Waals surface area contributed by atoms with Gasteiger partial charge in [0.1, 0.15) is 0 Å². The van der Waals surface area contributed by atoms with Crippen LogP contribution in [-0.2, 0) is 40.1 Å². The lowest BCUT2D eigenvalue weighted by Crippen LogP contribution is -2.74. The molecule has 0 saturated heterocycles. The van der Waals surface area contributed by atoms with E-state index in [4.69, 9.17) is 21.0 Å². The first-order chi connectivity index (χ1) is 16.5. The van der Waals surface area contributed by atoms with Crippen LogP contribution >= 0.6 is 0 Å². The average molecular weight is 587 g/mol. The van der Waals surface area contributed by atoms with E-state index in [1.54, 1.807) is 43.2 Å². The lowest BCUT2D eigenvalue weighted by molar-refractivity contribution is 0.479. The highest BCUT2D eigenvalue weighted by Crippen LogP contribution is 2.43. The Kier molecular flexibility index (Phi) is 12.3. The van der Waals surface area contributed by atoms with E-state index < -0.39 is 100 Å². The third kappa shape index (κ3) is 6.67. The Hall–Kier alpha value is -2.40. The zero-order valence-corrected chi connectivity index (χ0v) is 22.6. The van der Waals surface area contributed by atoms with Crippen molar-refractivity contribution in [3.8, 4) is 24.3 Å². The van der Waals surface area contributed by atoms with Crippen molar-refractivity contribution in [3.63, 3.8) is 0 Å². The van der Waals surface area contributed by atoms with Crippen LogP contribution in [-0.4, -0.2) is 68.0 Å². The minimum absolute atomic E-state index is 0.351. The third-order valence-electron chi connectivity index (χ3n) is 4.99. The smallest absolute Gasteiger partial charge is 0.213 e. The van der Waals surface area contributed by atoms with E-state index in [1.165, 1.54) is 0 Å². The number of sulfonamides is 4. The first-order valence-corrected chi connectivity index (χ1v) is 15.9. The molecule has 0 amide bonds. The molecule has 0 radical (unpaired) electrons. The summed E-state index contributed by atoms with van der Waals surface area (Å²) in [5.41, 5.74) is 0. The largest absolute Gasteiger partial charge is 0.235 e. The molecule has 202 valence electrons. The number of nitriles is 4. The standard InChI is InChI=1S/C16H26N8O8S4/c1-15(33(25,26)21-11-3-7-17,34(27,28)22-12-4-8-18)16(2,35(29,30)23-13-5-9-19)36(31,32)24-14-6-10-20/h21-24H,3-6,11-14H2,1-2H3. The fraction of sp³-hybridized carbons (Fsp3) is 0.750. The summed E-state index contributed by atoms with van der Waals surface area (Å²) in [4.78, 5) is 0. The van der Waals surface area contributed by atoms with E-state index in [2.05, 4.69) is 0 Å². The van der Waals surface area contributed by atoms with Gasteiger partial charge in [0.05, 0.1) is 24.3 Å². The van der Waals surface area contributed by atoms with Crippen molar-refractivity contribution in [2.24, 2.45) is 0 Å². The van der Waals surface area contributed by atoms with Crippen LogP contribution in [0.3, 0.4) is 0 Å². The zero-order valence-electron chi connectivity index (χ0n) is 19.3. The molecule has 0 saturated carbocycles. The van der Waals surface area contributed by atoms with Crippen LogP contribution in [0, 0.1) is 45.3 Å². The van der Waals surface area contributed by atoms with Crippen molar-refractivity contribution >= 4 is 40.1 Å². The minimum atomic E-state index is -5.48. The van der Waals surface area contributed by atoms with Crippen LogP contribution in [0.4, 0.5) is 0 Å². The van der Waals surface area contributed by atoms with Gasteiger partial charge in [-0.25, -0.2) is 52.6 Å². The van der Waals surface area contributed by atoms with E-state index >= 15 is 0 Å². The van der Waals surface area contributed by atoms with Crippen LogP contribution < -0.4 is 18.9 Å². The highest BCUT2D eigenvalue weighted by Gasteiger charge is 2.74. The summed E-state index contributed by atoms with van der Waals surface area (Å²) in [6, 6.07) is 6.36. The van der Waals surface area contributed by atoms with Gasteiger partial charge < -0.3 is 0 Å². The van der Waals surface area contributed by atoms with Gasteiger partial charge in [0, 0.05) is 51.9 Å². The summed E-state index contributed by atoms with van der Waals surface area (Å²) >= 11 is 0. The average Bonchev–Trinajstić information content (AvgIpc) is 2.77. The molecule has 0 fully saturated rings. The summed E-state index contributed by atoms with van der Waals surface area (Å²) in [5, 5.41) is 34.9. The molecule has 0 unspecified atom stereocenters. The number of hydrogen-bond acceptors (Lipinski definition) is 12. The number of nitrogens with zero attached hydrogens (tertiary/aromatic N) is 4. The monoisotopic (exact) mass is 586 g/mol. The Bertz CT molecular complexity index is 1170. The molecule has 16 nitrogen and oxygen atoms in total. The van der Waals surface area contributed by atoms with Crippen molar-refractivity contribution in [2.75, 3.05) is 26.2 Å². The molecule has 0 bridgehead atoms. The van der Waals surface area contributed by atoms with Gasteiger partial charge in [-0.2, -0.15) is 21.0 Å². The van der Waals surface area contributed by atoms with Gasteiger partial charge >= 0.3 is 0 Å². The normalized spacial score (nSPS) is 13.2. The maximum Gasteiger partial charge on any atom is 0.235 e. The van der Waals surface area contributed by atoms with Gasteiger partial charge in [0.2, 0.25) is 48.3 Å². The van der Waals surface area contributed by atoms with Gasteiger partial charge in [0.15, 0.2) is 0 Å². The second-order valence-corrected chi connectivity index (χ2v) is 16.1. The Labute approximate surface area is 211 Å². The molecule has 0 aliphatic rings. The Morgan fingerprint density at radius 1 is 0.472 bits per heavy atom. The molecule has 0 aliphatic heterocycles. The maximum atomic E-state index is 13.4. The van der Waals surface area contributed by atoms with Crippen LogP contribution in [0.5, 0.6) is 0 Å². The van der Waals surface area contributed by atoms with Gasteiger partial charge in [-0.05, 0) is 13.8 Å². The molecular weight excluding hydrogens is 560 g/mol. The molecular formula is C16H26N8O8S4. The predicted octanol–water partition coefficient (Wildman–Crippen LogP) is -2.25. The van der Waals surface area contributed by atoms with Crippen molar-refractivity contribution in [1.29, 1.82) is 21.0 Å². The fourth-order valence-corrected chi connectivity index (χ4v) is 13.0. The van der Waals surface area contributed by atoms with E-state index in [0.29, 0.717) is 13.8 Å². The molecule has 36 heavy (non-hydrogen) atoms. The molecule has 20 heteroatoms. The summed E-state index contributed by atoms with van der Waals surface area (Å²) in [7, 11) is -21.9. The van der Waals surface area contributed by atoms with Gasteiger partial charge in [-0.3, -0.25) is 0 Å². The van der Waals surface area contributed by atoms with Gasteiger partial charge in [0.25, 0.3) is 0 Å². The number of hydrogen-bond donors (Lipinski definition) is 4. The van der Waals surface area contributed by atoms with Gasteiger partial charge in [-0.15, -0.1) is 0 Å². The zero-order chi connectivity index (χ0) is 28.3. The molecule has 0 aromatic heterocycles. The second-order valence-electron chi connectivity index (χ2n) is 7.11. The quantitative estimate of drug-likeness (QED) is 0.131. The first-order valence-electron chi connectivity index (χ1n) is 9.94. The van der Waals surface area contributed by atoms with E-state index in [9.17, 15) is 33.7 Å². The maximum absolute atomic E-state index is 13.4. The Balaban J connectivity index is 7.58. The molecule has 0 atom stereocenters. The molecule has 4 N–H and O–H groups in total. The SMILES string of the molecule is CC(C(C)(S(=O)(=O)NCCC#N)S(=O)(=O)NCCC#N)(S(=O)(=O)NCCC#N)S(=O)(=O)NCCC#N. The summed E-state index contributed by atoms with van der Waals surface area (Å²) < 4.78 is 107. The highest BCUT2D eigenvalue weighted by molar-refractivity contribution is 8.15. The van der Waals surface area contributed by atoms with Crippen LogP contribution in [0.1, 0.15) is 39.5 Å². The minimum Gasteiger partial charge on any atom is -0.213 e. The van der Waals surface area contributed by atoms with Crippen LogP contribution in [0.2, 0.25) is 0 Å². The summed E-state index contributed by atoms with van der Waals surface area (Å²) in [5.74, 6) is 0. The first kappa shape index (κ1) is 33.6. The summed E-state index contributed by atoms with van der Waals surface area (Å²) in [6.07, 6.45) is -1.91. The highest BCUT2D eigenvalue weighted by atomic mass is 32.3. The van der Waals surface area contributed by atoms with E-state index in [0.717, 1.165) is 0 Å². The van der Waals surface area contributed by atoms with Crippen molar-refractivity contribution in [1.82, 2.24) is 18.9 Å². The Morgan fingerprint density at radius 2 is 0.639 bits per heavy atom. The second kappa shape index (κ2) is 13.2. The number of rotatable bonds is 17. The molecule has 0 rings (SSSR count).